The van der Waals surface area contributed by atoms with Gasteiger partial charge in [0, 0.05) is 25.8 Å². The van der Waals surface area contributed by atoms with Crippen molar-refractivity contribution >= 4 is 5.82 Å². The van der Waals surface area contributed by atoms with E-state index in [1.54, 1.807) is 6.20 Å². The Morgan fingerprint density at radius 3 is 2.83 bits per heavy atom. The number of fused-ring (bicyclic) bond motifs is 1. The molecule has 1 aromatic rings. The van der Waals surface area contributed by atoms with E-state index in [0.29, 0.717) is 6.54 Å². The molecule has 0 amide bonds. The van der Waals surface area contributed by atoms with E-state index in [-0.39, 0.29) is 0 Å². The van der Waals surface area contributed by atoms with Gasteiger partial charge in [-0.1, -0.05) is 19.3 Å². The molecule has 0 radical (unpaired) electrons. The van der Waals surface area contributed by atoms with Crippen LogP contribution < -0.4 is 10.6 Å². The first kappa shape index (κ1) is 11.9. The molecular weight excluding hydrogens is 224 g/mol. The van der Waals surface area contributed by atoms with Gasteiger partial charge < -0.3 is 10.6 Å². The van der Waals surface area contributed by atoms with Crippen LogP contribution >= 0.6 is 0 Å². The maximum atomic E-state index is 5.63. The van der Waals surface area contributed by atoms with Gasteiger partial charge in [0.1, 0.15) is 5.82 Å². The van der Waals surface area contributed by atoms with Gasteiger partial charge in [0.15, 0.2) is 0 Å². The highest BCUT2D eigenvalue weighted by Gasteiger charge is 2.31. The number of piperidine rings is 1. The Morgan fingerprint density at radius 2 is 2.00 bits per heavy atom. The monoisotopic (exact) mass is 246 g/mol. The molecule has 2 unspecified atom stereocenters. The number of nitrogens with two attached hydrogens (primary N) is 1. The summed E-state index contributed by atoms with van der Waals surface area (Å²) in [5.41, 5.74) is 6.52. The maximum absolute atomic E-state index is 5.63. The zero-order valence-electron chi connectivity index (χ0n) is 10.9. The van der Waals surface area contributed by atoms with Gasteiger partial charge in [0.05, 0.1) is 11.9 Å². The molecule has 2 aliphatic rings. The fourth-order valence-electron chi connectivity index (χ4n) is 3.45. The minimum atomic E-state index is 0.473. The molecule has 1 aromatic heterocycles. The fourth-order valence-corrected chi connectivity index (χ4v) is 3.45. The quantitative estimate of drug-likeness (QED) is 0.866. The molecule has 4 nitrogen and oxygen atoms in total. The summed E-state index contributed by atoms with van der Waals surface area (Å²) in [6, 6.07) is 0. The zero-order valence-corrected chi connectivity index (χ0v) is 10.9. The van der Waals surface area contributed by atoms with Crippen molar-refractivity contribution in [2.75, 3.05) is 18.0 Å². The van der Waals surface area contributed by atoms with E-state index in [2.05, 4.69) is 14.9 Å². The molecule has 0 bridgehead atoms. The predicted octanol–water partition coefficient (Wildman–Crippen LogP) is 1.95. The van der Waals surface area contributed by atoms with Crippen molar-refractivity contribution in [3.63, 3.8) is 0 Å². The van der Waals surface area contributed by atoms with Crippen LogP contribution in [-0.4, -0.2) is 23.1 Å². The highest BCUT2D eigenvalue weighted by Crippen LogP contribution is 2.36. The Kier molecular flexibility index (Phi) is 3.46. The largest absolute Gasteiger partial charge is 0.355 e. The third-order valence-corrected chi connectivity index (χ3v) is 4.50. The lowest BCUT2D eigenvalue weighted by atomic mass is 9.75. The van der Waals surface area contributed by atoms with E-state index in [1.165, 1.54) is 32.1 Å². The predicted molar refractivity (Wildman–Crippen MR) is 72.2 cm³/mol. The minimum Gasteiger partial charge on any atom is -0.355 e. The third-order valence-electron chi connectivity index (χ3n) is 4.50. The first-order valence-electron chi connectivity index (χ1n) is 7.13. The summed E-state index contributed by atoms with van der Waals surface area (Å²) in [5.74, 6) is 2.85. The van der Waals surface area contributed by atoms with Gasteiger partial charge in [-0.05, 0) is 24.7 Å². The molecule has 1 aliphatic heterocycles. The Balaban J connectivity index is 1.72. The van der Waals surface area contributed by atoms with E-state index in [0.717, 1.165) is 36.4 Å². The van der Waals surface area contributed by atoms with Gasteiger partial charge in [-0.2, -0.15) is 0 Å². The van der Waals surface area contributed by atoms with Crippen LogP contribution in [-0.2, 0) is 6.54 Å². The molecule has 0 spiro atoms. The van der Waals surface area contributed by atoms with Crippen LogP contribution in [0.1, 0.15) is 37.8 Å². The molecule has 4 heteroatoms. The number of nitrogens with zero attached hydrogens (tertiary/aromatic N) is 3. The van der Waals surface area contributed by atoms with Crippen molar-refractivity contribution in [3.8, 4) is 0 Å². The SMILES string of the molecule is NCc1cncc(N2CCC3CCCCC3C2)n1. The van der Waals surface area contributed by atoms with Crippen molar-refractivity contribution < 1.29 is 0 Å². The molecule has 2 atom stereocenters. The zero-order chi connectivity index (χ0) is 12.4. The second-order valence-corrected chi connectivity index (χ2v) is 5.61. The lowest BCUT2D eigenvalue weighted by Gasteiger charge is -2.41. The molecule has 1 saturated carbocycles. The lowest BCUT2D eigenvalue weighted by molar-refractivity contribution is 0.202. The van der Waals surface area contributed by atoms with Crippen molar-refractivity contribution in [2.45, 2.75) is 38.6 Å². The van der Waals surface area contributed by atoms with Crippen LogP contribution in [0.3, 0.4) is 0 Å². The van der Waals surface area contributed by atoms with E-state index in [9.17, 15) is 0 Å². The molecule has 3 rings (SSSR count). The highest BCUT2D eigenvalue weighted by molar-refractivity contribution is 5.37. The van der Waals surface area contributed by atoms with Crippen LogP contribution in [0.5, 0.6) is 0 Å². The standard InChI is InChI=1S/C14H22N4/c15-7-13-8-16-9-14(17-13)18-6-5-11-3-1-2-4-12(11)10-18/h8-9,11-12H,1-7,10,15H2. The summed E-state index contributed by atoms with van der Waals surface area (Å²) in [6.45, 7) is 2.76. The Bertz CT molecular complexity index is 407. The molecule has 1 saturated heterocycles. The minimum absolute atomic E-state index is 0.473. The van der Waals surface area contributed by atoms with Crippen LogP contribution in [0.25, 0.3) is 0 Å². The van der Waals surface area contributed by atoms with Crippen molar-refractivity contribution in [3.05, 3.63) is 18.1 Å². The smallest absolute Gasteiger partial charge is 0.147 e. The van der Waals surface area contributed by atoms with Gasteiger partial charge >= 0.3 is 0 Å². The van der Waals surface area contributed by atoms with Crippen LogP contribution in [0.4, 0.5) is 5.82 Å². The average molecular weight is 246 g/mol. The molecule has 1 aliphatic carbocycles. The second kappa shape index (κ2) is 5.22. The number of anilines is 1. The molecule has 98 valence electrons. The molecule has 2 heterocycles. The molecule has 2 N–H and O–H groups in total. The summed E-state index contributed by atoms with van der Waals surface area (Å²) >= 11 is 0. The van der Waals surface area contributed by atoms with Crippen molar-refractivity contribution in [2.24, 2.45) is 17.6 Å². The summed E-state index contributed by atoms with van der Waals surface area (Å²) < 4.78 is 0. The topological polar surface area (TPSA) is 55.0 Å². The third kappa shape index (κ3) is 2.34. The fraction of sp³-hybridized carbons (Fsp3) is 0.714. The van der Waals surface area contributed by atoms with Crippen LogP contribution in [0.15, 0.2) is 12.4 Å². The van der Waals surface area contributed by atoms with Crippen LogP contribution in [0.2, 0.25) is 0 Å². The van der Waals surface area contributed by atoms with Gasteiger partial charge in [-0.3, -0.25) is 4.98 Å². The van der Waals surface area contributed by atoms with Gasteiger partial charge in [0.25, 0.3) is 0 Å². The normalized spacial score (nSPS) is 27.9. The molecule has 0 aromatic carbocycles. The number of aromatic nitrogens is 2. The summed E-state index contributed by atoms with van der Waals surface area (Å²) in [6.07, 6.45) is 10.6. The maximum Gasteiger partial charge on any atom is 0.147 e. The Labute approximate surface area is 109 Å². The molecule has 2 fully saturated rings. The number of rotatable bonds is 2. The second-order valence-electron chi connectivity index (χ2n) is 5.61. The van der Waals surface area contributed by atoms with Gasteiger partial charge in [0.2, 0.25) is 0 Å². The molecule has 18 heavy (non-hydrogen) atoms. The first-order valence-corrected chi connectivity index (χ1v) is 7.13. The first-order chi connectivity index (χ1) is 8.86. The number of hydrogen-bond donors (Lipinski definition) is 1. The summed E-state index contributed by atoms with van der Waals surface area (Å²) in [5, 5.41) is 0. The Hall–Kier alpha value is -1.16. The summed E-state index contributed by atoms with van der Waals surface area (Å²) in [7, 11) is 0. The number of hydrogen-bond acceptors (Lipinski definition) is 4. The van der Waals surface area contributed by atoms with E-state index in [1.807, 2.05) is 6.20 Å². The lowest BCUT2D eigenvalue weighted by Crippen LogP contribution is -2.42. The highest BCUT2D eigenvalue weighted by atomic mass is 15.2. The summed E-state index contributed by atoms with van der Waals surface area (Å²) in [4.78, 5) is 11.2. The van der Waals surface area contributed by atoms with Gasteiger partial charge in [-0.25, -0.2) is 4.98 Å². The van der Waals surface area contributed by atoms with Gasteiger partial charge in [-0.15, -0.1) is 0 Å². The van der Waals surface area contributed by atoms with E-state index >= 15 is 0 Å². The van der Waals surface area contributed by atoms with Crippen molar-refractivity contribution in [1.29, 1.82) is 0 Å². The van der Waals surface area contributed by atoms with Crippen LogP contribution in [0, 0.1) is 11.8 Å². The van der Waals surface area contributed by atoms with Crippen molar-refractivity contribution in [1.82, 2.24) is 9.97 Å². The van der Waals surface area contributed by atoms with E-state index in [4.69, 9.17) is 5.73 Å². The molecular formula is C14H22N4. The average Bonchev–Trinajstić information content (AvgIpc) is 2.47. The van der Waals surface area contributed by atoms with E-state index < -0.39 is 0 Å². The Morgan fingerprint density at radius 1 is 1.17 bits per heavy atom.